The molecule has 6 heteroatoms. The Morgan fingerprint density at radius 2 is 1.76 bits per heavy atom. The van der Waals surface area contributed by atoms with Gasteiger partial charge in [0.25, 0.3) is 0 Å². The van der Waals surface area contributed by atoms with Gasteiger partial charge in [-0.1, -0.05) is 49.4 Å². The molecule has 33 heavy (non-hydrogen) atoms. The smallest absolute Gasteiger partial charge is 0.231 e. The average molecular weight is 442 g/mol. The fourth-order valence-corrected chi connectivity index (χ4v) is 4.30. The van der Waals surface area contributed by atoms with Crippen LogP contribution in [0.5, 0.6) is 11.5 Å². The molecule has 0 bridgehead atoms. The number of nitrogens with one attached hydrogen (secondary N) is 1. The number of morpholine rings is 1. The second-order valence-corrected chi connectivity index (χ2v) is 8.18. The lowest BCUT2D eigenvalue weighted by atomic mass is 9.95. The lowest BCUT2D eigenvalue weighted by Crippen LogP contribution is -2.41. The number of hydrogen-bond donors (Lipinski definition) is 1. The van der Waals surface area contributed by atoms with Crippen LogP contribution in [0.1, 0.15) is 30.4 Å². The van der Waals surface area contributed by atoms with Gasteiger partial charge in [-0.2, -0.15) is 0 Å². The highest BCUT2D eigenvalue weighted by atomic mass is 16.5. The molecule has 2 aliphatic heterocycles. The number of aliphatic imine (C=N–C) groups is 1. The molecule has 0 aromatic heterocycles. The number of nitrogens with zero attached hydrogens (tertiary/aromatic N) is 2. The Hall–Kier alpha value is -3.64. The van der Waals surface area contributed by atoms with Crippen LogP contribution in [0, 0.1) is 0 Å². The number of amidine groups is 1. The normalized spacial score (nSPS) is 15.9. The van der Waals surface area contributed by atoms with Crippen molar-refractivity contribution in [1.82, 2.24) is 4.90 Å². The Morgan fingerprint density at radius 1 is 1.00 bits per heavy atom. The van der Waals surface area contributed by atoms with E-state index in [4.69, 9.17) is 14.5 Å². The van der Waals surface area contributed by atoms with Crippen molar-refractivity contribution < 1.29 is 14.3 Å². The molecule has 0 aliphatic carbocycles. The summed E-state index contributed by atoms with van der Waals surface area (Å²) in [6, 6.07) is 23.4. The minimum atomic E-state index is -0.210. The molecule has 1 atom stereocenters. The summed E-state index contributed by atoms with van der Waals surface area (Å²) in [6.07, 6.45) is 0.722. The van der Waals surface area contributed by atoms with Crippen LogP contribution < -0.4 is 10.1 Å². The highest BCUT2D eigenvalue weighted by Gasteiger charge is 2.25. The number of amides is 1. The maximum absolute atomic E-state index is 13.1. The predicted octanol–water partition coefficient (Wildman–Crippen LogP) is 5.34. The van der Waals surface area contributed by atoms with Gasteiger partial charge in [-0.25, -0.2) is 4.99 Å². The maximum Gasteiger partial charge on any atom is 0.231 e. The van der Waals surface area contributed by atoms with E-state index in [9.17, 15) is 4.79 Å². The van der Waals surface area contributed by atoms with Gasteiger partial charge in [0, 0.05) is 18.8 Å². The number of para-hydroxylation sites is 2. The highest BCUT2D eigenvalue weighted by Crippen LogP contribution is 2.39. The van der Waals surface area contributed by atoms with Gasteiger partial charge in [0.1, 0.15) is 17.3 Å². The van der Waals surface area contributed by atoms with E-state index in [0.29, 0.717) is 19.0 Å². The number of fused-ring (bicyclic) bond motifs is 2. The standard InChI is InChI=1S/C27H27N3O3/c1-2-21(19-8-4-3-5-9-19)27(31)28-20-12-13-24-22(18-20)26(30-14-16-32-17-15-30)29-23-10-6-7-11-25(23)33-24/h3-13,18,21H,2,14-17H2,1H3,(H,28,31). The van der Waals surface area contributed by atoms with E-state index < -0.39 is 0 Å². The number of anilines is 1. The summed E-state index contributed by atoms with van der Waals surface area (Å²) in [6.45, 7) is 4.85. The summed E-state index contributed by atoms with van der Waals surface area (Å²) < 4.78 is 11.8. The van der Waals surface area contributed by atoms with E-state index in [0.717, 1.165) is 53.6 Å². The first kappa shape index (κ1) is 21.2. The fraction of sp³-hybridized carbons (Fsp3) is 0.259. The first-order valence-electron chi connectivity index (χ1n) is 11.4. The SMILES string of the molecule is CCC(C(=O)Nc1ccc2c(c1)C(N1CCOCC1)=Nc1ccccc1O2)c1ccccc1. The lowest BCUT2D eigenvalue weighted by molar-refractivity contribution is -0.117. The van der Waals surface area contributed by atoms with E-state index in [2.05, 4.69) is 10.2 Å². The van der Waals surface area contributed by atoms with Crippen LogP contribution in [0.4, 0.5) is 11.4 Å². The molecule has 0 radical (unpaired) electrons. The monoisotopic (exact) mass is 441 g/mol. The zero-order valence-electron chi connectivity index (χ0n) is 18.7. The summed E-state index contributed by atoms with van der Waals surface area (Å²) in [7, 11) is 0. The molecule has 3 aromatic carbocycles. The molecule has 6 nitrogen and oxygen atoms in total. The molecule has 0 saturated carbocycles. The van der Waals surface area contributed by atoms with Crippen molar-refractivity contribution in [2.75, 3.05) is 31.6 Å². The highest BCUT2D eigenvalue weighted by molar-refractivity contribution is 6.05. The molecule has 0 spiro atoms. The van der Waals surface area contributed by atoms with Crippen LogP contribution in [-0.4, -0.2) is 42.9 Å². The Balaban J connectivity index is 1.49. The van der Waals surface area contributed by atoms with Crippen LogP contribution in [0.2, 0.25) is 0 Å². The van der Waals surface area contributed by atoms with Gasteiger partial charge >= 0.3 is 0 Å². The minimum absolute atomic E-state index is 0.0219. The second kappa shape index (κ2) is 9.46. The van der Waals surface area contributed by atoms with Crippen molar-refractivity contribution >= 4 is 23.1 Å². The number of hydrogen-bond acceptors (Lipinski definition) is 5. The zero-order chi connectivity index (χ0) is 22.6. The molecule has 2 aliphatic rings. The number of ether oxygens (including phenoxy) is 2. The minimum Gasteiger partial charge on any atom is -0.454 e. The predicted molar refractivity (Wildman–Crippen MR) is 130 cm³/mol. The van der Waals surface area contributed by atoms with Crippen LogP contribution in [0.3, 0.4) is 0 Å². The molecule has 1 N–H and O–H groups in total. The average Bonchev–Trinajstić information content (AvgIpc) is 3.02. The Bertz CT molecular complexity index is 1170. The molecule has 1 saturated heterocycles. The maximum atomic E-state index is 13.1. The topological polar surface area (TPSA) is 63.2 Å². The van der Waals surface area contributed by atoms with Gasteiger partial charge in [0.2, 0.25) is 5.91 Å². The molecule has 2 heterocycles. The van der Waals surface area contributed by atoms with E-state index in [-0.39, 0.29) is 11.8 Å². The molecule has 1 amide bonds. The third-order valence-electron chi connectivity index (χ3n) is 6.04. The Morgan fingerprint density at radius 3 is 2.55 bits per heavy atom. The second-order valence-electron chi connectivity index (χ2n) is 8.18. The van der Waals surface area contributed by atoms with Crippen LogP contribution in [0.25, 0.3) is 0 Å². The van der Waals surface area contributed by atoms with E-state index >= 15 is 0 Å². The van der Waals surface area contributed by atoms with Crippen molar-refractivity contribution in [1.29, 1.82) is 0 Å². The van der Waals surface area contributed by atoms with Gasteiger partial charge in [-0.15, -0.1) is 0 Å². The lowest BCUT2D eigenvalue weighted by Gasteiger charge is -2.30. The van der Waals surface area contributed by atoms with Crippen molar-refractivity contribution in [2.24, 2.45) is 4.99 Å². The summed E-state index contributed by atoms with van der Waals surface area (Å²) in [5.74, 6) is 2.04. The van der Waals surface area contributed by atoms with Crippen LogP contribution in [0.15, 0.2) is 77.8 Å². The van der Waals surface area contributed by atoms with Crippen LogP contribution in [-0.2, 0) is 9.53 Å². The van der Waals surface area contributed by atoms with Gasteiger partial charge in [0.15, 0.2) is 5.75 Å². The van der Waals surface area contributed by atoms with E-state index in [1.165, 1.54) is 0 Å². The molecule has 3 aromatic rings. The number of carbonyl (C=O) groups is 1. The quantitative estimate of drug-likeness (QED) is 0.594. The summed E-state index contributed by atoms with van der Waals surface area (Å²) in [5.41, 5.74) is 3.39. The third kappa shape index (κ3) is 4.47. The Labute approximate surface area is 193 Å². The first-order chi connectivity index (χ1) is 16.2. The van der Waals surface area contributed by atoms with Crippen molar-refractivity contribution in [3.8, 4) is 11.5 Å². The molecule has 5 rings (SSSR count). The van der Waals surface area contributed by atoms with E-state index in [1.807, 2.05) is 79.7 Å². The van der Waals surface area contributed by atoms with Gasteiger partial charge in [-0.3, -0.25) is 4.79 Å². The molecular formula is C27H27N3O3. The fourth-order valence-electron chi connectivity index (χ4n) is 4.30. The molecule has 1 unspecified atom stereocenters. The summed E-state index contributed by atoms with van der Waals surface area (Å²) >= 11 is 0. The molecule has 168 valence electrons. The van der Waals surface area contributed by atoms with Gasteiger partial charge < -0.3 is 19.7 Å². The van der Waals surface area contributed by atoms with Crippen molar-refractivity contribution in [2.45, 2.75) is 19.3 Å². The largest absolute Gasteiger partial charge is 0.454 e. The van der Waals surface area contributed by atoms with E-state index in [1.54, 1.807) is 0 Å². The van der Waals surface area contributed by atoms with Gasteiger partial charge in [0.05, 0.1) is 24.7 Å². The third-order valence-corrected chi connectivity index (χ3v) is 6.04. The first-order valence-corrected chi connectivity index (χ1v) is 11.4. The summed E-state index contributed by atoms with van der Waals surface area (Å²) in [4.78, 5) is 20.3. The molecular weight excluding hydrogens is 414 g/mol. The summed E-state index contributed by atoms with van der Waals surface area (Å²) in [5, 5.41) is 3.11. The molecule has 1 fully saturated rings. The number of carbonyl (C=O) groups excluding carboxylic acids is 1. The number of rotatable bonds is 4. The van der Waals surface area contributed by atoms with Crippen molar-refractivity contribution in [3.63, 3.8) is 0 Å². The van der Waals surface area contributed by atoms with Crippen molar-refractivity contribution in [3.05, 3.63) is 83.9 Å². The Kier molecular flexibility index (Phi) is 6.09. The van der Waals surface area contributed by atoms with Gasteiger partial charge in [-0.05, 0) is 42.3 Å². The van der Waals surface area contributed by atoms with Crippen LogP contribution >= 0.6 is 0 Å². The zero-order valence-corrected chi connectivity index (χ0v) is 18.7. The number of benzene rings is 3.